The zero-order valence-electron chi connectivity index (χ0n) is 16.6. The normalized spacial score (nSPS) is 10.7. The van der Waals surface area contributed by atoms with Gasteiger partial charge in [-0.25, -0.2) is 9.67 Å². The van der Waals surface area contributed by atoms with Crippen LogP contribution in [-0.2, 0) is 30.7 Å². The maximum Gasteiger partial charge on any atom is 0.270 e. The first-order chi connectivity index (χ1) is 13.9. The summed E-state index contributed by atoms with van der Waals surface area (Å²) in [6.45, 7) is 4.36. The molecule has 0 unspecified atom stereocenters. The lowest BCUT2D eigenvalue weighted by atomic mass is 10.1. The van der Waals surface area contributed by atoms with Crippen molar-refractivity contribution in [3.63, 3.8) is 0 Å². The quantitative estimate of drug-likeness (QED) is 0.627. The third kappa shape index (κ3) is 5.25. The van der Waals surface area contributed by atoms with Crippen LogP contribution in [0.25, 0.3) is 0 Å². The number of carbonyl (C=O) groups excluding carboxylic acids is 1. The third-order valence-corrected chi connectivity index (χ3v) is 4.70. The maximum atomic E-state index is 12.8. The summed E-state index contributed by atoms with van der Waals surface area (Å²) in [7, 11) is 0. The number of amides is 1. The number of nitrogens with one attached hydrogen (secondary N) is 1. The van der Waals surface area contributed by atoms with Crippen LogP contribution < -0.4 is 16.6 Å². The molecule has 29 heavy (non-hydrogen) atoms. The van der Waals surface area contributed by atoms with Gasteiger partial charge in [0.05, 0.1) is 19.2 Å². The molecule has 0 atom stereocenters. The van der Waals surface area contributed by atoms with E-state index >= 15 is 0 Å². The van der Waals surface area contributed by atoms with E-state index in [-0.39, 0.29) is 17.9 Å². The molecule has 0 aliphatic heterocycles. The van der Waals surface area contributed by atoms with Crippen LogP contribution in [0.5, 0.6) is 0 Å². The van der Waals surface area contributed by atoms with Crippen LogP contribution in [-0.4, -0.2) is 25.7 Å². The van der Waals surface area contributed by atoms with Crippen molar-refractivity contribution in [1.29, 1.82) is 0 Å². The highest BCUT2D eigenvalue weighted by Gasteiger charge is 2.13. The number of nitrogens with zero attached hydrogens (tertiary/aromatic N) is 4. The molecule has 3 rings (SSSR count). The van der Waals surface area contributed by atoms with E-state index in [0.29, 0.717) is 36.5 Å². The highest BCUT2D eigenvalue weighted by atomic mass is 16.2. The van der Waals surface area contributed by atoms with Gasteiger partial charge in [0.2, 0.25) is 5.91 Å². The average Bonchev–Trinajstić information content (AvgIpc) is 2.70. The zero-order valence-corrected chi connectivity index (χ0v) is 16.6. The van der Waals surface area contributed by atoms with Crippen LogP contribution in [0.3, 0.4) is 0 Å². The fourth-order valence-electron chi connectivity index (χ4n) is 2.96. The Bertz CT molecular complexity index is 1060. The minimum absolute atomic E-state index is 0.00176. The molecule has 1 amide bonds. The molecule has 0 aromatic carbocycles. The predicted molar refractivity (Wildman–Crippen MR) is 110 cm³/mol. The highest BCUT2D eigenvalue weighted by Crippen LogP contribution is 2.08. The van der Waals surface area contributed by atoms with Gasteiger partial charge in [0, 0.05) is 36.1 Å². The Morgan fingerprint density at radius 2 is 2.03 bits per heavy atom. The van der Waals surface area contributed by atoms with Crippen molar-refractivity contribution in [3.05, 3.63) is 81.2 Å². The summed E-state index contributed by atoms with van der Waals surface area (Å²) in [5.41, 5.74) is 9.08. The van der Waals surface area contributed by atoms with Gasteiger partial charge in [-0.05, 0) is 43.2 Å². The predicted octanol–water partition coefficient (Wildman–Crippen LogP) is 1.33. The molecule has 3 aromatic heterocycles. The number of nitrogens with two attached hydrogens (primary N) is 1. The molecule has 3 aromatic rings. The van der Waals surface area contributed by atoms with Crippen molar-refractivity contribution >= 4 is 11.7 Å². The Kier molecular flexibility index (Phi) is 6.33. The lowest BCUT2D eigenvalue weighted by Gasteiger charge is -2.11. The molecule has 8 heteroatoms. The van der Waals surface area contributed by atoms with E-state index in [2.05, 4.69) is 20.4 Å². The molecule has 3 N–H and O–H groups in total. The SMILES string of the molecule is Cc1cnn(CCc2ccccn2)c(=O)c1CC(=O)NCc1ccc(N)nc1C. The number of hydrogen-bond donors (Lipinski definition) is 2. The van der Waals surface area contributed by atoms with Gasteiger partial charge in [0.15, 0.2) is 0 Å². The summed E-state index contributed by atoms with van der Waals surface area (Å²) < 4.78 is 1.39. The van der Waals surface area contributed by atoms with Gasteiger partial charge in [0.25, 0.3) is 5.56 Å². The number of pyridine rings is 2. The van der Waals surface area contributed by atoms with Gasteiger partial charge < -0.3 is 11.1 Å². The molecular formula is C21H24N6O2. The van der Waals surface area contributed by atoms with Gasteiger partial charge >= 0.3 is 0 Å². The Hall–Kier alpha value is -3.55. The maximum absolute atomic E-state index is 12.8. The van der Waals surface area contributed by atoms with Crippen LogP contribution in [0.2, 0.25) is 0 Å². The smallest absolute Gasteiger partial charge is 0.270 e. The largest absolute Gasteiger partial charge is 0.384 e. The van der Waals surface area contributed by atoms with Crippen molar-refractivity contribution < 1.29 is 4.79 Å². The van der Waals surface area contributed by atoms with Crippen LogP contribution >= 0.6 is 0 Å². The summed E-state index contributed by atoms with van der Waals surface area (Å²) in [4.78, 5) is 33.7. The second-order valence-corrected chi connectivity index (χ2v) is 6.84. The number of anilines is 1. The van der Waals surface area contributed by atoms with Crippen LogP contribution in [0.1, 0.15) is 28.1 Å². The molecule has 0 fully saturated rings. The molecule has 0 spiro atoms. The van der Waals surface area contributed by atoms with E-state index < -0.39 is 0 Å². The van der Waals surface area contributed by atoms with Gasteiger partial charge in [-0.3, -0.25) is 14.6 Å². The molecule has 0 aliphatic carbocycles. The van der Waals surface area contributed by atoms with Gasteiger partial charge in [-0.15, -0.1) is 0 Å². The molecular weight excluding hydrogens is 368 g/mol. The van der Waals surface area contributed by atoms with E-state index in [0.717, 1.165) is 17.0 Å². The van der Waals surface area contributed by atoms with Crippen molar-refractivity contribution in [2.75, 3.05) is 5.73 Å². The van der Waals surface area contributed by atoms with Crippen molar-refractivity contribution in [1.82, 2.24) is 25.1 Å². The highest BCUT2D eigenvalue weighted by molar-refractivity contribution is 5.78. The molecule has 0 saturated heterocycles. The molecule has 3 heterocycles. The number of aromatic nitrogens is 4. The van der Waals surface area contributed by atoms with E-state index in [1.54, 1.807) is 25.4 Å². The lowest BCUT2D eigenvalue weighted by Crippen LogP contribution is -2.32. The Balaban J connectivity index is 1.66. The van der Waals surface area contributed by atoms with Crippen LogP contribution in [0.15, 0.2) is 47.5 Å². The van der Waals surface area contributed by atoms with Gasteiger partial charge in [-0.1, -0.05) is 12.1 Å². The van der Waals surface area contributed by atoms with Crippen molar-refractivity contribution in [2.24, 2.45) is 0 Å². The minimum Gasteiger partial charge on any atom is -0.384 e. The lowest BCUT2D eigenvalue weighted by molar-refractivity contribution is -0.120. The first-order valence-electron chi connectivity index (χ1n) is 9.38. The van der Waals surface area contributed by atoms with Gasteiger partial charge in [-0.2, -0.15) is 5.10 Å². The summed E-state index contributed by atoms with van der Waals surface area (Å²) in [5.74, 6) is 0.208. The zero-order chi connectivity index (χ0) is 20.8. The average molecular weight is 392 g/mol. The van der Waals surface area contributed by atoms with E-state index in [1.165, 1.54) is 4.68 Å². The number of nitrogen functional groups attached to an aromatic ring is 1. The summed E-state index contributed by atoms with van der Waals surface area (Å²) in [5, 5.41) is 7.04. The monoisotopic (exact) mass is 392 g/mol. The van der Waals surface area contributed by atoms with E-state index in [4.69, 9.17) is 5.73 Å². The topological polar surface area (TPSA) is 116 Å². The van der Waals surface area contributed by atoms with E-state index in [9.17, 15) is 9.59 Å². The Labute approximate surface area is 168 Å². The standard InChI is InChI=1S/C21H24N6O2/c1-14-12-25-27(10-8-17-5-3-4-9-23-17)21(29)18(14)11-20(28)24-13-16-6-7-19(22)26-15(16)2/h3-7,9,12H,8,10-11,13H2,1-2H3,(H2,22,26)(H,24,28). The summed E-state index contributed by atoms with van der Waals surface area (Å²) >= 11 is 0. The second kappa shape index (κ2) is 9.09. The summed E-state index contributed by atoms with van der Waals surface area (Å²) in [6, 6.07) is 9.18. The summed E-state index contributed by atoms with van der Waals surface area (Å²) in [6.07, 6.45) is 3.93. The minimum atomic E-state index is -0.249. The Morgan fingerprint density at radius 1 is 1.21 bits per heavy atom. The first kappa shape index (κ1) is 20.2. The van der Waals surface area contributed by atoms with Crippen molar-refractivity contribution in [2.45, 2.75) is 39.8 Å². The van der Waals surface area contributed by atoms with E-state index in [1.807, 2.05) is 31.2 Å². The second-order valence-electron chi connectivity index (χ2n) is 6.84. The number of aryl methyl sites for hydroxylation is 4. The Morgan fingerprint density at radius 3 is 2.76 bits per heavy atom. The number of carbonyl (C=O) groups is 1. The molecule has 0 bridgehead atoms. The molecule has 150 valence electrons. The fraction of sp³-hybridized carbons (Fsp3) is 0.286. The molecule has 0 radical (unpaired) electrons. The van der Waals surface area contributed by atoms with Gasteiger partial charge in [0.1, 0.15) is 5.82 Å². The third-order valence-electron chi connectivity index (χ3n) is 4.70. The van der Waals surface area contributed by atoms with Crippen LogP contribution in [0, 0.1) is 13.8 Å². The van der Waals surface area contributed by atoms with Crippen LogP contribution in [0.4, 0.5) is 5.82 Å². The molecule has 8 nitrogen and oxygen atoms in total. The first-order valence-corrected chi connectivity index (χ1v) is 9.38. The molecule has 0 aliphatic rings. The fourth-order valence-corrected chi connectivity index (χ4v) is 2.96. The number of rotatable bonds is 7. The molecule has 0 saturated carbocycles. The number of hydrogen-bond acceptors (Lipinski definition) is 6. The van der Waals surface area contributed by atoms with Crippen molar-refractivity contribution in [3.8, 4) is 0 Å².